The Kier molecular flexibility index (Phi) is 8.34. The highest BCUT2D eigenvalue weighted by Crippen LogP contribution is 2.21. The van der Waals surface area contributed by atoms with E-state index < -0.39 is 0 Å². The summed E-state index contributed by atoms with van der Waals surface area (Å²) in [5.41, 5.74) is 0.581. The standard InChI is InChI=1S/C19H27N3O4.ClH/c1-2-26-17-6-4-3-5-16(17)19(24)22-10-8-21(9-11-22)18(23)13-15-14-25-12-7-20-15;/h3-6,15,20H,2,7-14H2,1H3;1H. The van der Waals surface area contributed by atoms with E-state index in [0.29, 0.717) is 63.7 Å². The normalized spacial score (nSPS) is 20.0. The molecule has 1 N–H and O–H groups in total. The van der Waals surface area contributed by atoms with Crippen LogP contribution in [0.2, 0.25) is 0 Å². The van der Waals surface area contributed by atoms with Crippen molar-refractivity contribution in [1.82, 2.24) is 15.1 Å². The molecule has 2 aliphatic heterocycles. The lowest BCUT2D eigenvalue weighted by Gasteiger charge is -2.36. The monoisotopic (exact) mass is 397 g/mol. The zero-order chi connectivity index (χ0) is 18.4. The first kappa shape index (κ1) is 21.5. The number of hydrogen-bond acceptors (Lipinski definition) is 5. The van der Waals surface area contributed by atoms with Crippen molar-refractivity contribution < 1.29 is 19.1 Å². The Balaban J connectivity index is 0.00000261. The molecule has 2 amide bonds. The number of nitrogens with one attached hydrogen (secondary N) is 1. The van der Waals surface area contributed by atoms with E-state index in [4.69, 9.17) is 9.47 Å². The molecule has 0 spiro atoms. The van der Waals surface area contributed by atoms with Crippen molar-refractivity contribution in [1.29, 1.82) is 0 Å². The minimum absolute atomic E-state index is 0. The van der Waals surface area contributed by atoms with Gasteiger partial charge < -0.3 is 24.6 Å². The van der Waals surface area contributed by atoms with E-state index in [1.807, 2.05) is 30.0 Å². The first-order valence-corrected chi connectivity index (χ1v) is 9.29. The number of benzene rings is 1. The molecule has 1 atom stereocenters. The van der Waals surface area contributed by atoms with Crippen LogP contribution in [0.1, 0.15) is 23.7 Å². The Morgan fingerprint density at radius 3 is 2.56 bits per heavy atom. The summed E-state index contributed by atoms with van der Waals surface area (Å²) in [5, 5.41) is 3.30. The van der Waals surface area contributed by atoms with Gasteiger partial charge in [-0.3, -0.25) is 9.59 Å². The summed E-state index contributed by atoms with van der Waals surface area (Å²) in [6, 6.07) is 7.40. The molecule has 1 aromatic carbocycles. The molecule has 1 aromatic rings. The number of hydrogen-bond donors (Lipinski definition) is 1. The predicted octanol–water partition coefficient (Wildman–Crippen LogP) is 1.17. The van der Waals surface area contributed by atoms with Crippen molar-refractivity contribution in [3.8, 4) is 5.75 Å². The zero-order valence-corrected chi connectivity index (χ0v) is 16.5. The van der Waals surface area contributed by atoms with Gasteiger partial charge in [0.15, 0.2) is 0 Å². The summed E-state index contributed by atoms with van der Waals surface area (Å²) in [7, 11) is 0. The molecule has 2 saturated heterocycles. The van der Waals surface area contributed by atoms with Gasteiger partial charge in [0.2, 0.25) is 5.91 Å². The van der Waals surface area contributed by atoms with E-state index in [-0.39, 0.29) is 30.3 Å². The highest BCUT2D eigenvalue weighted by Gasteiger charge is 2.27. The van der Waals surface area contributed by atoms with Crippen LogP contribution >= 0.6 is 12.4 Å². The van der Waals surface area contributed by atoms with Gasteiger partial charge in [-0.25, -0.2) is 0 Å². The number of piperazine rings is 1. The largest absolute Gasteiger partial charge is 0.493 e. The number of rotatable bonds is 5. The third-order valence-corrected chi connectivity index (χ3v) is 4.76. The molecule has 0 bridgehead atoms. The van der Waals surface area contributed by atoms with E-state index in [9.17, 15) is 9.59 Å². The van der Waals surface area contributed by atoms with Crippen molar-refractivity contribution in [3.05, 3.63) is 29.8 Å². The second-order valence-electron chi connectivity index (χ2n) is 6.53. The van der Waals surface area contributed by atoms with E-state index in [1.165, 1.54) is 0 Å². The van der Waals surface area contributed by atoms with Crippen LogP contribution in [0.25, 0.3) is 0 Å². The number of morpholine rings is 1. The average Bonchev–Trinajstić information content (AvgIpc) is 2.69. The smallest absolute Gasteiger partial charge is 0.257 e. The van der Waals surface area contributed by atoms with Crippen molar-refractivity contribution in [2.75, 3.05) is 52.5 Å². The van der Waals surface area contributed by atoms with Crippen LogP contribution in [0.5, 0.6) is 5.75 Å². The third kappa shape index (κ3) is 5.57. The van der Waals surface area contributed by atoms with Crippen LogP contribution in [0, 0.1) is 0 Å². The van der Waals surface area contributed by atoms with Gasteiger partial charge >= 0.3 is 0 Å². The highest BCUT2D eigenvalue weighted by molar-refractivity contribution is 5.97. The molecule has 0 aromatic heterocycles. The minimum atomic E-state index is -0.0384. The molecular formula is C19H28ClN3O4. The molecule has 0 saturated carbocycles. The molecule has 8 heteroatoms. The summed E-state index contributed by atoms with van der Waals surface area (Å²) in [4.78, 5) is 28.9. The molecular weight excluding hydrogens is 370 g/mol. The quantitative estimate of drug-likeness (QED) is 0.807. The first-order chi connectivity index (χ1) is 12.7. The van der Waals surface area contributed by atoms with Crippen molar-refractivity contribution >= 4 is 24.2 Å². The highest BCUT2D eigenvalue weighted by atomic mass is 35.5. The fourth-order valence-corrected chi connectivity index (χ4v) is 3.34. The Morgan fingerprint density at radius 1 is 1.19 bits per heavy atom. The number of ether oxygens (including phenoxy) is 2. The second kappa shape index (κ2) is 10.5. The van der Waals surface area contributed by atoms with Crippen molar-refractivity contribution in [2.45, 2.75) is 19.4 Å². The van der Waals surface area contributed by atoms with Gasteiger partial charge in [-0.1, -0.05) is 12.1 Å². The maximum Gasteiger partial charge on any atom is 0.257 e. The van der Waals surface area contributed by atoms with Gasteiger partial charge in [0.05, 0.1) is 25.4 Å². The Labute approximate surface area is 166 Å². The summed E-state index contributed by atoms with van der Waals surface area (Å²) in [5.74, 6) is 0.695. The van der Waals surface area contributed by atoms with Gasteiger partial charge in [-0.05, 0) is 19.1 Å². The van der Waals surface area contributed by atoms with Crippen LogP contribution in [0.15, 0.2) is 24.3 Å². The van der Waals surface area contributed by atoms with Crippen LogP contribution in [-0.2, 0) is 9.53 Å². The minimum Gasteiger partial charge on any atom is -0.493 e. The molecule has 27 heavy (non-hydrogen) atoms. The number of amides is 2. The van der Waals surface area contributed by atoms with E-state index >= 15 is 0 Å². The SMILES string of the molecule is CCOc1ccccc1C(=O)N1CCN(C(=O)CC2COCCN2)CC1.Cl. The van der Waals surface area contributed by atoms with E-state index in [2.05, 4.69) is 5.32 Å². The van der Waals surface area contributed by atoms with Gasteiger partial charge in [0.25, 0.3) is 5.91 Å². The van der Waals surface area contributed by atoms with Crippen molar-refractivity contribution in [2.24, 2.45) is 0 Å². The average molecular weight is 398 g/mol. The maximum absolute atomic E-state index is 12.8. The van der Waals surface area contributed by atoms with Gasteiger partial charge in [-0.2, -0.15) is 0 Å². The Morgan fingerprint density at radius 2 is 1.89 bits per heavy atom. The van der Waals surface area contributed by atoms with E-state index in [0.717, 1.165) is 6.54 Å². The number of halogens is 1. The number of carbonyl (C=O) groups is 2. The summed E-state index contributed by atoms with van der Waals surface area (Å²) < 4.78 is 11.0. The molecule has 3 rings (SSSR count). The third-order valence-electron chi connectivity index (χ3n) is 4.76. The fourth-order valence-electron chi connectivity index (χ4n) is 3.34. The number of nitrogens with zero attached hydrogens (tertiary/aromatic N) is 2. The summed E-state index contributed by atoms with van der Waals surface area (Å²) >= 11 is 0. The number of carbonyl (C=O) groups excluding carboxylic acids is 2. The van der Waals surface area contributed by atoms with Gasteiger partial charge in [-0.15, -0.1) is 12.4 Å². The Hall–Kier alpha value is -1.83. The van der Waals surface area contributed by atoms with E-state index in [1.54, 1.807) is 11.0 Å². The first-order valence-electron chi connectivity index (χ1n) is 9.29. The molecule has 2 aliphatic rings. The van der Waals surface area contributed by atoms with Crippen LogP contribution in [-0.4, -0.2) is 80.2 Å². The maximum atomic E-state index is 12.8. The topological polar surface area (TPSA) is 71.1 Å². The molecule has 0 aliphatic carbocycles. The molecule has 2 fully saturated rings. The van der Waals surface area contributed by atoms with Crippen LogP contribution in [0.3, 0.4) is 0 Å². The van der Waals surface area contributed by atoms with Crippen LogP contribution < -0.4 is 10.1 Å². The van der Waals surface area contributed by atoms with Crippen molar-refractivity contribution in [3.63, 3.8) is 0 Å². The predicted molar refractivity (Wildman–Crippen MR) is 105 cm³/mol. The van der Waals surface area contributed by atoms with Crippen LogP contribution in [0.4, 0.5) is 0 Å². The van der Waals surface area contributed by atoms with Gasteiger partial charge in [0, 0.05) is 45.2 Å². The lowest BCUT2D eigenvalue weighted by atomic mass is 10.1. The number of para-hydroxylation sites is 1. The lowest BCUT2D eigenvalue weighted by molar-refractivity contribution is -0.133. The Bertz CT molecular complexity index is 629. The van der Waals surface area contributed by atoms with Gasteiger partial charge in [0.1, 0.15) is 5.75 Å². The molecule has 0 radical (unpaired) electrons. The molecule has 7 nitrogen and oxygen atoms in total. The second-order valence-corrected chi connectivity index (χ2v) is 6.53. The summed E-state index contributed by atoms with van der Waals surface area (Å²) in [6.07, 6.45) is 0.446. The zero-order valence-electron chi connectivity index (χ0n) is 15.7. The molecule has 1 unspecified atom stereocenters. The lowest BCUT2D eigenvalue weighted by Crippen LogP contribution is -2.52. The summed E-state index contributed by atoms with van der Waals surface area (Å²) in [6.45, 7) is 6.71. The molecule has 150 valence electrons. The molecule has 2 heterocycles. The fraction of sp³-hybridized carbons (Fsp3) is 0.579.